The molecule has 2 aromatic rings. The Bertz CT molecular complexity index is 508. The van der Waals surface area contributed by atoms with Gasteiger partial charge in [0.1, 0.15) is 11.5 Å². The summed E-state index contributed by atoms with van der Waals surface area (Å²) in [6, 6.07) is 9.42. The SMILES string of the molecule is CC(=O)CCc1nc(COc2ccccc2)no1. The molecule has 1 heterocycles. The normalized spacial score (nSPS) is 10.3. The van der Waals surface area contributed by atoms with Gasteiger partial charge in [0.05, 0.1) is 0 Å². The maximum Gasteiger partial charge on any atom is 0.227 e. The topological polar surface area (TPSA) is 65.2 Å². The minimum atomic E-state index is 0.107. The van der Waals surface area contributed by atoms with Crippen LogP contribution in [0.1, 0.15) is 25.1 Å². The third kappa shape index (κ3) is 3.69. The van der Waals surface area contributed by atoms with Gasteiger partial charge < -0.3 is 14.1 Å². The van der Waals surface area contributed by atoms with Crippen molar-refractivity contribution in [2.24, 2.45) is 0 Å². The summed E-state index contributed by atoms with van der Waals surface area (Å²) >= 11 is 0. The number of ether oxygens (including phenoxy) is 1. The van der Waals surface area contributed by atoms with E-state index in [0.29, 0.717) is 24.6 Å². The van der Waals surface area contributed by atoms with Gasteiger partial charge in [-0.25, -0.2) is 0 Å². The van der Waals surface area contributed by atoms with E-state index >= 15 is 0 Å². The first-order valence-corrected chi connectivity index (χ1v) is 5.73. The van der Waals surface area contributed by atoms with Crippen LogP contribution in [-0.2, 0) is 17.8 Å². The molecule has 0 unspecified atom stereocenters. The van der Waals surface area contributed by atoms with Crippen molar-refractivity contribution in [1.29, 1.82) is 0 Å². The first kappa shape index (κ1) is 12.3. The standard InChI is InChI=1S/C13H14N2O3/c1-10(16)7-8-13-14-12(15-18-13)9-17-11-5-3-2-4-6-11/h2-6H,7-9H2,1H3. The molecule has 0 saturated heterocycles. The number of hydrogen-bond donors (Lipinski definition) is 0. The lowest BCUT2D eigenvalue weighted by atomic mass is 10.2. The highest BCUT2D eigenvalue weighted by molar-refractivity contribution is 5.75. The minimum absolute atomic E-state index is 0.107. The summed E-state index contributed by atoms with van der Waals surface area (Å²) in [5.41, 5.74) is 0. The Morgan fingerprint density at radius 3 is 2.83 bits per heavy atom. The second-order valence-electron chi connectivity index (χ2n) is 3.91. The van der Waals surface area contributed by atoms with Crippen LogP contribution in [0.2, 0.25) is 0 Å². The highest BCUT2D eigenvalue weighted by Crippen LogP contribution is 2.10. The van der Waals surface area contributed by atoms with Gasteiger partial charge in [0.15, 0.2) is 6.61 Å². The number of carbonyl (C=O) groups is 1. The molecule has 0 amide bonds. The molecule has 5 heteroatoms. The monoisotopic (exact) mass is 246 g/mol. The van der Waals surface area contributed by atoms with Gasteiger partial charge >= 0.3 is 0 Å². The predicted molar refractivity (Wildman–Crippen MR) is 64.1 cm³/mol. The van der Waals surface area contributed by atoms with E-state index in [-0.39, 0.29) is 12.4 Å². The van der Waals surface area contributed by atoms with Crippen LogP contribution in [0.15, 0.2) is 34.9 Å². The third-order valence-corrected chi connectivity index (χ3v) is 2.31. The van der Waals surface area contributed by atoms with Gasteiger partial charge in [0.25, 0.3) is 0 Å². The van der Waals surface area contributed by atoms with Crippen molar-refractivity contribution in [3.05, 3.63) is 42.0 Å². The summed E-state index contributed by atoms with van der Waals surface area (Å²) in [5.74, 6) is 1.82. The van der Waals surface area contributed by atoms with Crippen LogP contribution in [0.5, 0.6) is 5.75 Å². The Labute approximate surface area is 105 Å². The smallest absolute Gasteiger partial charge is 0.227 e. The molecule has 5 nitrogen and oxygen atoms in total. The van der Waals surface area contributed by atoms with E-state index in [0.717, 1.165) is 5.75 Å². The number of ketones is 1. The van der Waals surface area contributed by atoms with E-state index in [4.69, 9.17) is 9.26 Å². The molecule has 0 N–H and O–H groups in total. The van der Waals surface area contributed by atoms with Crippen molar-refractivity contribution >= 4 is 5.78 Å². The van der Waals surface area contributed by atoms with E-state index < -0.39 is 0 Å². The Morgan fingerprint density at radius 1 is 1.33 bits per heavy atom. The van der Waals surface area contributed by atoms with Gasteiger partial charge in [-0.15, -0.1) is 0 Å². The van der Waals surface area contributed by atoms with Crippen LogP contribution >= 0.6 is 0 Å². The van der Waals surface area contributed by atoms with Crippen LogP contribution in [0.25, 0.3) is 0 Å². The summed E-state index contributed by atoms with van der Waals surface area (Å²) in [6.07, 6.45) is 0.898. The van der Waals surface area contributed by atoms with Gasteiger partial charge in [-0.05, 0) is 19.1 Å². The molecule has 0 aliphatic carbocycles. The van der Waals surface area contributed by atoms with E-state index in [1.807, 2.05) is 30.3 Å². The van der Waals surface area contributed by atoms with E-state index in [2.05, 4.69) is 10.1 Å². The zero-order valence-corrected chi connectivity index (χ0v) is 10.1. The maximum atomic E-state index is 10.8. The van der Waals surface area contributed by atoms with Crippen molar-refractivity contribution < 1.29 is 14.1 Å². The number of benzene rings is 1. The molecule has 1 aromatic carbocycles. The van der Waals surface area contributed by atoms with Crippen LogP contribution < -0.4 is 4.74 Å². The molecule has 18 heavy (non-hydrogen) atoms. The second kappa shape index (κ2) is 5.95. The van der Waals surface area contributed by atoms with Crippen LogP contribution in [-0.4, -0.2) is 15.9 Å². The van der Waals surface area contributed by atoms with E-state index in [1.165, 1.54) is 6.92 Å². The highest BCUT2D eigenvalue weighted by Gasteiger charge is 2.07. The first-order chi connectivity index (χ1) is 8.74. The largest absolute Gasteiger partial charge is 0.485 e. The van der Waals surface area contributed by atoms with Crippen molar-refractivity contribution in [3.63, 3.8) is 0 Å². The summed E-state index contributed by atoms with van der Waals surface area (Å²) in [7, 11) is 0. The summed E-state index contributed by atoms with van der Waals surface area (Å²) in [4.78, 5) is 15.0. The van der Waals surface area contributed by atoms with E-state index in [9.17, 15) is 4.79 Å². The fraction of sp³-hybridized carbons (Fsp3) is 0.308. The average Bonchev–Trinajstić information content (AvgIpc) is 2.83. The molecule has 0 aliphatic heterocycles. The number of Topliss-reactive ketones (excluding diaryl/α,β-unsaturated/α-hetero) is 1. The molecule has 0 spiro atoms. The molecule has 0 atom stereocenters. The number of carbonyl (C=O) groups excluding carboxylic acids is 1. The first-order valence-electron chi connectivity index (χ1n) is 5.73. The number of rotatable bonds is 6. The molecule has 0 saturated carbocycles. The molecule has 0 aliphatic rings. The number of aryl methyl sites for hydroxylation is 1. The van der Waals surface area contributed by atoms with Crippen LogP contribution in [0, 0.1) is 0 Å². The quantitative estimate of drug-likeness (QED) is 0.781. The van der Waals surface area contributed by atoms with E-state index in [1.54, 1.807) is 0 Å². The average molecular weight is 246 g/mol. The van der Waals surface area contributed by atoms with Crippen molar-refractivity contribution in [3.8, 4) is 5.75 Å². The molecule has 94 valence electrons. The molecule has 0 fully saturated rings. The predicted octanol–water partition coefficient (Wildman–Crippen LogP) is 2.17. The second-order valence-corrected chi connectivity index (χ2v) is 3.91. The maximum absolute atomic E-state index is 10.8. The fourth-order valence-electron chi connectivity index (χ4n) is 1.40. The molecular formula is C13H14N2O3. The van der Waals surface area contributed by atoms with Crippen molar-refractivity contribution in [2.45, 2.75) is 26.4 Å². The van der Waals surface area contributed by atoms with Crippen molar-refractivity contribution in [2.75, 3.05) is 0 Å². The lowest BCUT2D eigenvalue weighted by molar-refractivity contribution is -0.117. The number of hydrogen-bond acceptors (Lipinski definition) is 5. The number of aromatic nitrogens is 2. The minimum Gasteiger partial charge on any atom is -0.485 e. The lowest BCUT2D eigenvalue weighted by Crippen LogP contribution is -1.98. The Morgan fingerprint density at radius 2 is 2.11 bits per heavy atom. The third-order valence-electron chi connectivity index (χ3n) is 2.31. The van der Waals surface area contributed by atoms with Gasteiger partial charge in [-0.2, -0.15) is 4.98 Å². The van der Waals surface area contributed by atoms with Crippen molar-refractivity contribution in [1.82, 2.24) is 10.1 Å². The molecule has 0 bridgehead atoms. The Kier molecular flexibility index (Phi) is 4.06. The Hall–Kier alpha value is -2.17. The lowest BCUT2D eigenvalue weighted by Gasteiger charge is -2.01. The van der Waals surface area contributed by atoms with Gasteiger partial charge in [-0.3, -0.25) is 0 Å². The van der Waals surface area contributed by atoms with Crippen LogP contribution in [0.3, 0.4) is 0 Å². The fourth-order valence-corrected chi connectivity index (χ4v) is 1.40. The number of nitrogens with zero attached hydrogens (tertiary/aromatic N) is 2. The Balaban J connectivity index is 1.85. The molecule has 1 aromatic heterocycles. The zero-order valence-electron chi connectivity index (χ0n) is 10.1. The summed E-state index contributed by atoms with van der Waals surface area (Å²) < 4.78 is 10.5. The highest BCUT2D eigenvalue weighted by atomic mass is 16.5. The zero-order chi connectivity index (χ0) is 12.8. The summed E-state index contributed by atoms with van der Waals surface area (Å²) in [6.45, 7) is 1.80. The molecule has 0 radical (unpaired) electrons. The molecule has 2 rings (SSSR count). The van der Waals surface area contributed by atoms with Gasteiger partial charge in [0.2, 0.25) is 11.7 Å². The van der Waals surface area contributed by atoms with Gasteiger partial charge in [0, 0.05) is 12.8 Å². The molecular weight excluding hydrogens is 232 g/mol. The van der Waals surface area contributed by atoms with Gasteiger partial charge in [-0.1, -0.05) is 23.4 Å². The number of para-hydroxylation sites is 1. The van der Waals surface area contributed by atoms with Crippen LogP contribution in [0.4, 0.5) is 0 Å². The summed E-state index contributed by atoms with van der Waals surface area (Å²) in [5, 5.41) is 3.79.